The molecule has 1 atom stereocenters. The first-order valence-corrected chi connectivity index (χ1v) is 12.4. The second-order valence-electron chi connectivity index (χ2n) is 9.22. The fourth-order valence-electron chi connectivity index (χ4n) is 5.04. The zero-order valence-electron chi connectivity index (χ0n) is 20.2. The standard InChI is InChI=1S/C28H28N6O2/c1-2-15-32-16-6-7-21(18-32)34-27-25(28-30-24(35)14-17-33(28)19-29-27)26(31-34)20-10-12-23(13-11-20)36-22-8-4-3-5-9-22/h2-5,8-13,15,19,21H,6-7,14,16-18H2,1H3/t21-/m1/s1. The highest BCUT2D eigenvalue weighted by atomic mass is 16.5. The fraction of sp³-hybridized carbons (Fsp3) is 0.286. The van der Waals surface area contributed by atoms with Crippen LogP contribution in [0.4, 0.5) is 5.82 Å². The lowest BCUT2D eigenvalue weighted by Crippen LogP contribution is -2.39. The van der Waals surface area contributed by atoms with Crippen molar-refractivity contribution in [3.63, 3.8) is 0 Å². The lowest BCUT2D eigenvalue weighted by atomic mass is 10.0. The van der Waals surface area contributed by atoms with Gasteiger partial charge in [-0.25, -0.2) is 9.67 Å². The predicted molar refractivity (Wildman–Crippen MR) is 140 cm³/mol. The number of carbonyl (C=O) groups is 1. The molecule has 1 aromatic heterocycles. The topological polar surface area (TPSA) is 75.3 Å². The van der Waals surface area contributed by atoms with E-state index in [9.17, 15) is 4.79 Å². The summed E-state index contributed by atoms with van der Waals surface area (Å²) in [6, 6.07) is 17.8. The molecule has 0 unspecified atom stereocenters. The van der Waals surface area contributed by atoms with Gasteiger partial charge in [0.25, 0.3) is 0 Å². The average molecular weight is 481 g/mol. The number of para-hydroxylation sites is 1. The van der Waals surface area contributed by atoms with Crippen LogP contribution in [0.1, 0.15) is 37.8 Å². The van der Waals surface area contributed by atoms with Crippen molar-refractivity contribution in [1.82, 2.24) is 19.6 Å². The van der Waals surface area contributed by atoms with E-state index in [1.807, 2.05) is 71.1 Å². The van der Waals surface area contributed by atoms with Crippen molar-refractivity contribution in [1.29, 1.82) is 0 Å². The zero-order valence-corrected chi connectivity index (χ0v) is 20.2. The van der Waals surface area contributed by atoms with Crippen LogP contribution < -0.4 is 4.74 Å². The molecule has 0 aliphatic carbocycles. The maximum absolute atomic E-state index is 12.3. The Morgan fingerprint density at radius 2 is 1.83 bits per heavy atom. The second-order valence-corrected chi connectivity index (χ2v) is 9.22. The van der Waals surface area contributed by atoms with Gasteiger partial charge in [0.05, 0.1) is 17.9 Å². The Kier molecular flexibility index (Phi) is 5.85. The van der Waals surface area contributed by atoms with Gasteiger partial charge >= 0.3 is 0 Å². The molecule has 8 nitrogen and oxygen atoms in total. The van der Waals surface area contributed by atoms with Gasteiger partial charge in [-0.2, -0.15) is 10.1 Å². The number of ether oxygens (including phenoxy) is 1. The summed E-state index contributed by atoms with van der Waals surface area (Å²) in [4.78, 5) is 25.8. The number of benzene rings is 2. The lowest BCUT2D eigenvalue weighted by Gasteiger charge is -2.33. The quantitative estimate of drug-likeness (QED) is 0.504. The van der Waals surface area contributed by atoms with Crippen LogP contribution in [-0.2, 0) is 4.79 Å². The monoisotopic (exact) mass is 480 g/mol. The van der Waals surface area contributed by atoms with E-state index < -0.39 is 0 Å². The molecule has 2 aromatic carbocycles. The van der Waals surface area contributed by atoms with Crippen LogP contribution in [0.2, 0.25) is 0 Å². The fourth-order valence-corrected chi connectivity index (χ4v) is 5.04. The minimum Gasteiger partial charge on any atom is -0.457 e. The molecular formula is C28H28N6O2. The Hall–Kier alpha value is -4.20. The summed E-state index contributed by atoms with van der Waals surface area (Å²) in [7, 11) is 0. The van der Waals surface area contributed by atoms with E-state index in [0.717, 1.165) is 60.1 Å². The SMILES string of the molecule is CC=CN1CCC[C@@H](n2nc(-c3ccc(Oc4ccccc4)cc3)c3c2N=CN2CCC(=O)N=C32)C1. The molecule has 3 aromatic rings. The third-order valence-corrected chi connectivity index (χ3v) is 6.74. The Morgan fingerprint density at radius 1 is 1.03 bits per heavy atom. The molecule has 1 fully saturated rings. The number of hydrogen-bond acceptors (Lipinski definition) is 6. The van der Waals surface area contributed by atoms with Crippen LogP contribution in [0.15, 0.2) is 76.9 Å². The van der Waals surface area contributed by atoms with Crippen molar-refractivity contribution in [2.75, 3.05) is 19.6 Å². The number of fused-ring (bicyclic) bond motifs is 3. The molecule has 0 spiro atoms. The van der Waals surface area contributed by atoms with Gasteiger partial charge in [-0.05, 0) is 62.4 Å². The summed E-state index contributed by atoms with van der Waals surface area (Å²) in [6.07, 6.45) is 8.50. The van der Waals surface area contributed by atoms with Crippen LogP contribution in [-0.4, -0.2) is 57.3 Å². The first-order valence-electron chi connectivity index (χ1n) is 12.4. The lowest BCUT2D eigenvalue weighted by molar-refractivity contribution is -0.118. The highest BCUT2D eigenvalue weighted by Gasteiger charge is 2.34. The van der Waals surface area contributed by atoms with Crippen molar-refractivity contribution in [3.05, 3.63) is 72.4 Å². The van der Waals surface area contributed by atoms with Gasteiger partial charge in [0.1, 0.15) is 17.2 Å². The van der Waals surface area contributed by atoms with Crippen molar-refractivity contribution in [2.24, 2.45) is 9.98 Å². The van der Waals surface area contributed by atoms with Crippen LogP contribution in [0.3, 0.4) is 0 Å². The van der Waals surface area contributed by atoms with Crippen molar-refractivity contribution >= 4 is 23.9 Å². The van der Waals surface area contributed by atoms with E-state index in [-0.39, 0.29) is 11.9 Å². The Labute approximate surface area is 210 Å². The minimum absolute atomic E-state index is 0.107. The minimum atomic E-state index is -0.107. The number of likely N-dealkylation sites (tertiary alicyclic amines) is 1. The number of amidine groups is 1. The number of nitrogens with zero attached hydrogens (tertiary/aromatic N) is 6. The highest BCUT2D eigenvalue weighted by molar-refractivity contribution is 6.17. The summed E-state index contributed by atoms with van der Waals surface area (Å²) >= 11 is 0. The van der Waals surface area contributed by atoms with Crippen LogP contribution >= 0.6 is 0 Å². The molecule has 0 saturated carbocycles. The maximum Gasteiger partial charge on any atom is 0.249 e. The maximum atomic E-state index is 12.3. The van der Waals surface area contributed by atoms with E-state index in [2.05, 4.69) is 22.2 Å². The van der Waals surface area contributed by atoms with Crippen molar-refractivity contribution in [3.8, 4) is 22.8 Å². The first-order chi connectivity index (χ1) is 17.7. The molecular weight excluding hydrogens is 452 g/mol. The summed E-state index contributed by atoms with van der Waals surface area (Å²) in [6.45, 7) is 4.53. The summed E-state index contributed by atoms with van der Waals surface area (Å²) in [5, 5.41) is 5.10. The summed E-state index contributed by atoms with van der Waals surface area (Å²) < 4.78 is 8.03. The number of amides is 1. The van der Waals surface area contributed by atoms with Crippen molar-refractivity contribution < 1.29 is 9.53 Å². The Bertz CT molecular complexity index is 1360. The van der Waals surface area contributed by atoms with Gasteiger partial charge in [0, 0.05) is 31.6 Å². The van der Waals surface area contributed by atoms with Gasteiger partial charge in [0.15, 0.2) is 11.7 Å². The number of aliphatic imine (C=N–C) groups is 2. The molecule has 0 radical (unpaired) electrons. The molecule has 182 valence electrons. The molecule has 1 amide bonds. The van der Waals surface area contributed by atoms with Gasteiger partial charge in [0.2, 0.25) is 5.91 Å². The number of piperidine rings is 1. The third kappa shape index (κ3) is 4.19. The van der Waals surface area contributed by atoms with E-state index >= 15 is 0 Å². The number of aromatic nitrogens is 2. The molecule has 6 rings (SSSR count). The normalized spacial score (nSPS) is 19.3. The number of carbonyl (C=O) groups excluding carboxylic acids is 1. The van der Waals surface area contributed by atoms with E-state index in [0.29, 0.717) is 18.8 Å². The first kappa shape index (κ1) is 22.3. The van der Waals surface area contributed by atoms with Crippen LogP contribution in [0.5, 0.6) is 11.5 Å². The molecule has 3 aliphatic rings. The smallest absolute Gasteiger partial charge is 0.249 e. The van der Waals surface area contributed by atoms with Gasteiger partial charge < -0.3 is 14.5 Å². The number of hydrogen-bond donors (Lipinski definition) is 0. The van der Waals surface area contributed by atoms with Crippen LogP contribution in [0, 0.1) is 0 Å². The summed E-state index contributed by atoms with van der Waals surface area (Å²) in [5.41, 5.74) is 2.55. The van der Waals surface area contributed by atoms with Crippen LogP contribution in [0.25, 0.3) is 11.3 Å². The zero-order chi connectivity index (χ0) is 24.5. The average Bonchev–Trinajstić information content (AvgIpc) is 3.30. The molecule has 36 heavy (non-hydrogen) atoms. The molecule has 8 heteroatoms. The van der Waals surface area contributed by atoms with E-state index in [1.54, 1.807) is 6.34 Å². The number of rotatable bonds is 5. The van der Waals surface area contributed by atoms with Gasteiger partial charge in [-0.1, -0.05) is 24.3 Å². The predicted octanol–water partition coefficient (Wildman–Crippen LogP) is 5.17. The van der Waals surface area contributed by atoms with Crippen molar-refractivity contribution in [2.45, 2.75) is 32.2 Å². The van der Waals surface area contributed by atoms with Gasteiger partial charge in [-0.3, -0.25) is 4.79 Å². The molecule has 3 aliphatic heterocycles. The molecule has 1 saturated heterocycles. The second kappa shape index (κ2) is 9.45. The molecule has 0 bridgehead atoms. The van der Waals surface area contributed by atoms with E-state index in [1.165, 1.54) is 0 Å². The largest absolute Gasteiger partial charge is 0.457 e. The highest BCUT2D eigenvalue weighted by Crippen LogP contribution is 2.39. The molecule has 0 N–H and O–H groups in total. The number of allylic oxidation sites excluding steroid dienone is 1. The third-order valence-electron chi connectivity index (χ3n) is 6.74. The Balaban J connectivity index is 1.41. The van der Waals surface area contributed by atoms with E-state index in [4.69, 9.17) is 14.8 Å². The van der Waals surface area contributed by atoms with Gasteiger partial charge in [-0.15, -0.1) is 0 Å². The molecule has 4 heterocycles. The Morgan fingerprint density at radius 3 is 2.64 bits per heavy atom. The summed E-state index contributed by atoms with van der Waals surface area (Å²) in [5.74, 6) is 2.84.